The number of anilines is 1. The van der Waals surface area contributed by atoms with Crippen molar-refractivity contribution in [2.75, 3.05) is 25.2 Å². The largest absolute Gasteiger partial charge is 0.468 e. The highest BCUT2D eigenvalue weighted by Crippen LogP contribution is 2.23. The smallest absolute Gasteiger partial charge is 0.338 e. The van der Waals surface area contributed by atoms with E-state index in [0.29, 0.717) is 11.3 Å². The van der Waals surface area contributed by atoms with Crippen molar-refractivity contribution in [3.8, 4) is 0 Å². The minimum absolute atomic E-state index is 0.0462. The zero-order valence-corrected chi connectivity index (χ0v) is 13.4. The molecular weight excluding hydrogens is 316 g/mol. The summed E-state index contributed by atoms with van der Waals surface area (Å²) in [6, 6.07) is 5.21. The van der Waals surface area contributed by atoms with Crippen molar-refractivity contribution in [1.82, 2.24) is 5.32 Å². The van der Waals surface area contributed by atoms with Gasteiger partial charge in [0.1, 0.15) is 0 Å². The van der Waals surface area contributed by atoms with Crippen LogP contribution < -0.4 is 10.2 Å². The number of imide groups is 1. The van der Waals surface area contributed by atoms with Crippen LogP contribution in [-0.2, 0) is 23.9 Å². The van der Waals surface area contributed by atoms with Crippen LogP contribution in [0.3, 0.4) is 0 Å². The molecule has 8 heteroatoms. The number of carbonyl (C=O) groups excluding carboxylic acids is 4. The molecule has 0 saturated carbocycles. The summed E-state index contributed by atoms with van der Waals surface area (Å²) in [4.78, 5) is 48.2. The fourth-order valence-corrected chi connectivity index (χ4v) is 2.30. The molecule has 0 unspecified atom stereocenters. The van der Waals surface area contributed by atoms with Gasteiger partial charge in [-0.2, -0.15) is 0 Å². The van der Waals surface area contributed by atoms with E-state index >= 15 is 0 Å². The van der Waals surface area contributed by atoms with Crippen molar-refractivity contribution >= 4 is 29.4 Å². The van der Waals surface area contributed by atoms with E-state index in [2.05, 4.69) is 10.1 Å². The first kappa shape index (κ1) is 17.6. The van der Waals surface area contributed by atoms with Gasteiger partial charge in [0.05, 0.1) is 44.0 Å². The quantitative estimate of drug-likeness (QED) is 0.588. The van der Waals surface area contributed by atoms with E-state index in [9.17, 15) is 19.2 Å². The number of ether oxygens (including phenoxy) is 2. The zero-order valence-electron chi connectivity index (χ0n) is 13.4. The Balaban J connectivity index is 2.08. The number of rotatable bonds is 6. The van der Waals surface area contributed by atoms with Gasteiger partial charge in [0.2, 0.25) is 5.91 Å². The first-order chi connectivity index (χ1) is 11.5. The van der Waals surface area contributed by atoms with Crippen LogP contribution in [0.15, 0.2) is 24.3 Å². The van der Waals surface area contributed by atoms with Crippen molar-refractivity contribution in [3.05, 3.63) is 29.8 Å². The van der Waals surface area contributed by atoms with Crippen LogP contribution in [0.4, 0.5) is 5.69 Å². The van der Waals surface area contributed by atoms with Gasteiger partial charge in [-0.25, -0.2) is 9.69 Å². The average Bonchev–Trinajstić information content (AvgIpc) is 2.87. The van der Waals surface area contributed by atoms with Crippen LogP contribution in [0.1, 0.15) is 23.7 Å². The normalized spacial score (nSPS) is 17.1. The molecule has 1 atom stereocenters. The number of benzene rings is 1. The Kier molecular flexibility index (Phi) is 5.64. The lowest BCUT2D eigenvalue weighted by atomic mass is 10.2. The molecule has 1 fully saturated rings. The van der Waals surface area contributed by atoms with Gasteiger partial charge < -0.3 is 9.47 Å². The summed E-state index contributed by atoms with van der Waals surface area (Å²) < 4.78 is 9.36. The highest BCUT2D eigenvalue weighted by Gasteiger charge is 2.39. The van der Waals surface area contributed by atoms with Crippen molar-refractivity contribution in [1.29, 1.82) is 0 Å². The lowest BCUT2D eigenvalue weighted by Crippen LogP contribution is -2.41. The molecule has 2 amide bonds. The maximum atomic E-state index is 12.3. The number of nitrogens with one attached hydrogen (secondary N) is 1. The van der Waals surface area contributed by atoms with Crippen molar-refractivity contribution in [2.45, 2.75) is 19.4 Å². The topological polar surface area (TPSA) is 102 Å². The Hall–Kier alpha value is -2.74. The van der Waals surface area contributed by atoms with Crippen LogP contribution in [-0.4, -0.2) is 50.1 Å². The van der Waals surface area contributed by atoms with E-state index in [4.69, 9.17) is 4.74 Å². The van der Waals surface area contributed by atoms with Gasteiger partial charge in [0.25, 0.3) is 5.91 Å². The molecule has 0 aromatic heterocycles. The minimum Gasteiger partial charge on any atom is -0.468 e. The fourth-order valence-electron chi connectivity index (χ4n) is 2.30. The summed E-state index contributed by atoms with van der Waals surface area (Å²) in [7, 11) is 1.24. The minimum atomic E-state index is -0.777. The second-order valence-corrected chi connectivity index (χ2v) is 5.05. The third-order valence-corrected chi connectivity index (χ3v) is 3.50. The predicted molar refractivity (Wildman–Crippen MR) is 83.3 cm³/mol. The Morgan fingerprint density at radius 2 is 1.92 bits per heavy atom. The number of carbonyl (C=O) groups is 4. The van der Waals surface area contributed by atoms with Gasteiger partial charge in [0, 0.05) is 0 Å². The number of nitrogens with zero attached hydrogens (tertiary/aromatic N) is 1. The molecule has 24 heavy (non-hydrogen) atoms. The molecule has 8 nitrogen and oxygen atoms in total. The second-order valence-electron chi connectivity index (χ2n) is 5.05. The van der Waals surface area contributed by atoms with Gasteiger partial charge in [-0.15, -0.1) is 0 Å². The monoisotopic (exact) mass is 334 g/mol. The predicted octanol–water partition coefficient (Wildman–Crippen LogP) is 0.258. The van der Waals surface area contributed by atoms with E-state index in [1.165, 1.54) is 31.4 Å². The number of hydrogen-bond donors (Lipinski definition) is 1. The van der Waals surface area contributed by atoms with E-state index in [1.54, 1.807) is 6.92 Å². The molecule has 0 aliphatic carbocycles. The number of hydrogen-bond acceptors (Lipinski definition) is 7. The second kappa shape index (κ2) is 7.69. The third-order valence-electron chi connectivity index (χ3n) is 3.50. The molecule has 1 aromatic carbocycles. The van der Waals surface area contributed by atoms with Crippen LogP contribution >= 0.6 is 0 Å². The van der Waals surface area contributed by atoms with E-state index in [0.717, 1.165) is 4.90 Å². The Morgan fingerprint density at radius 3 is 2.50 bits per heavy atom. The SMILES string of the molecule is CCOC(=O)c1ccc(N2C(=O)C[C@@H](NCC(=O)OC)C2=O)cc1. The summed E-state index contributed by atoms with van der Waals surface area (Å²) in [5, 5.41) is 2.70. The lowest BCUT2D eigenvalue weighted by molar-refractivity contribution is -0.139. The molecule has 1 heterocycles. The highest BCUT2D eigenvalue weighted by atomic mass is 16.5. The first-order valence-corrected chi connectivity index (χ1v) is 7.42. The van der Waals surface area contributed by atoms with Crippen molar-refractivity contribution in [3.63, 3.8) is 0 Å². The van der Waals surface area contributed by atoms with Crippen LogP contribution in [0.5, 0.6) is 0 Å². The molecular formula is C16H18N2O6. The number of methoxy groups -OCH3 is 1. The summed E-state index contributed by atoms with van der Waals surface area (Å²) in [6.45, 7) is 1.81. The molecule has 128 valence electrons. The Bertz CT molecular complexity index is 655. The van der Waals surface area contributed by atoms with E-state index < -0.39 is 23.9 Å². The van der Waals surface area contributed by atoms with Gasteiger partial charge >= 0.3 is 11.9 Å². The molecule has 1 aliphatic heterocycles. The highest BCUT2D eigenvalue weighted by molar-refractivity contribution is 6.22. The van der Waals surface area contributed by atoms with Crippen LogP contribution in [0.25, 0.3) is 0 Å². The summed E-state index contributed by atoms with van der Waals surface area (Å²) in [5.41, 5.74) is 0.695. The van der Waals surface area contributed by atoms with E-state index in [1.807, 2.05) is 0 Å². The van der Waals surface area contributed by atoms with Gasteiger partial charge in [-0.3, -0.25) is 19.7 Å². The van der Waals surface area contributed by atoms with Crippen LogP contribution in [0.2, 0.25) is 0 Å². The van der Waals surface area contributed by atoms with Gasteiger partial charge in [-0.05, 0) is 31.2 Å². The number of amides is 2. The average molecular weight is 334 g/mol. The molecule has 1 N–H and O–H groups in total. The Labute approximate surface area is 138 Å². The Morgan fingerprint density at radius 1 is 1.25 bits per heavy atom. The summed E-state index contributed by atoms with van der Waals surface area (Å²) in [5.74, 6) is -1.83. The third kappa shape index (κ3) is 3.77. The maximum Gasteiger partial charge on any atom is 0.338 e. The van der Waals surface area contributed by atoms with Crippen molar-refractivity contribution in [2.24, 2.45) is 0 Å². The fraction of sp³-hybridized carbons (Fsp3) is 0.375. The van der Waals surface area contributed by atoms with Gasteiger partial charge in [-0.1, -0.05) is 0 Å². The van der Waals surface area contributed by atoms with Gasteiger partial charge in [0.15, 0.2) is 0 Å². The summed E-state index contributed by atoms with van der Waals surface area (Å²) >= 11 is 0. The van der Waals surface area contributed by atoms with Crippen LogP contribution in [0, 0.1) is 0 Å². The molecule has 0 spiro atoms. The molecule has 1 saturated heterocycles. The molecule has 0 bridgehead atoms. The molecule has 1 aromatic rings. The summed E-state index contributed by atoms with van der Waals surface area (Å²) in [6.07, 6.45) is -0.0462. The maximum absolute atomic E-state index is 12.3. The van der Waals surface area contributed by atoms with Crippen molar-refractivity contribution < 1.29 is 28.7 Å². The zero-order chi connectivity index (χ0) is 17.7. The first-order valence-electron chi connectivity index (χ1n) is 7.42. The van der Waals surface area contributed by atoms with E-state index in [-0.39, 0.29) is 25.5 Å². The lowest BCUT2D eigenvalue weighted by Gasteiger charge is -2.15. The molecule has 2 rings (SSSR count). The number of esters is 2. The molecule has 0 radical (unpaired) electrons. The standard InChI is InChI=1S/C16H18N2O6/c1-3-24-16(22)10-4-6-11(7-5-10)18-13(19)8-12(15(18)21)17-9-14(20)23-2/h4-7,12,17H,3,8-9H2,1-2H3/t12-/m1/s1. The molecule has 1 aliphatic rings.